The van der Waals surface area contributed by atoms with E-state index in [0.29, 0.717) is 13.0 Å². The molecule has 1 unspecified atom stereocenters. The van der Waals surface area contributed by atoms with Crippen LogP contribution in [0.4, 0.5) is 0 Å². The summed E-state index contributed by atoms with van der Waals surface area (Å²) in [5.74, 6) is 0.534. The Morgan fingerprint density at radius 2 is 2.00 bits per heavy atom. The fraction of sp³-hybridized carbons (Fsp3) is 0.933. The highest BCUT2D eigenvalue weighted by atomic mass is 16.5. The van der Waals surface area contributed by atoms with Crippen molar-refractivity contribution < 1.29 is 9.53 Å². The van der Waals surface area contributed by atoms with Crippen LogP contribution in [0.2, 0.25) is 0 Å². The predicted molar refractivity (Wildman–Crippen MR) is 77.9 cm³/mol. The minimum atomic E-state index is -0.864. The zero-order valence-corrected chi connectivity index (χ0v) is 12.8. The molecule has 4 nitrogen and oxygen atoms in total. The summed E-state index contributed by atoms with van der Waals surface area (Å²) in [6, 6.07) is 0. The summed E-state index contributed by atoms with van der Waals surface area (Å²) in [5, 5.41) is 0. The van der Waals surface area contributed by atoms with Crippen LogP contribution < -0.4 is 5.73 Å². The highest BCUT2D eigenvalue weighted by Gasteiger charge is 2.30. The smallest absolute Gasteiger partial charge is 0.325 e. The molecule has 19 heavy (non-hydrogen) atoms. The molecule has 0 aliphatic heterocycles. The molecule has 1 fully saturated rings. The van der Waals surface area contributed by atoms with Crippen LogP contribution in [0.3, 0.4) is 0 Å². The van der Waals surface area contributed by atoms with Gasteiger partial charge >= 0.3 is 5.97 Å². The van der Waals surface area contributed by atoms with Crippen molar-refractivity contribution in [3.8, 4) is 0 Å². The summed E-state index contributed by atoms with van der Waals surface area (Å²) < 4.78 is 5.01. The van der Waals surface area contributed by atoms with Gasteiger partial charge in [0.1, 0.15) is 5.54 Å². The van der Waals surface area contributed by atoms with Crippen LogP contribution in [0, 0.1) is 5.92 Å². The Hall–Kier alpha value is -0.610. The second-order valence-corrected chi connectivity index (χ2v) is 6.15. The predicted octanol–water partition coefficient (Wildman–Crippen LogP) is 2.17. The molecule has 1 atom stereocenters. The van der Waals surface area contributed by atoms with Crippen molar-refractivity contribution in [1.29, 1.82) is 0 Å². The number of nitrogens with two attached hydrogens (primary N) is 1. The van der Waals surface area contributed by atoms with E-state index in [-0.39, 0.29) is 5.97 Å². The Labute approximate surface area is 117 Å². The lowest BCUT2D eigenvalue weighted by atomic mass is 9.89. The summed E-state index contributed by atoms with van der Waals surface area (Å²) in [6.07, 6.45) is 7.48. The molecule has 0 heterocycles. The number of carbonyl (C=O) groups is 1. The van der Waals surface area contributed by atoms with E-state index in [1.165, 1.54) is 32.1 Å². The molecule has 1 aliphatic rings. The molecule has 1 rings (SSSR count). The first-order chi connectivity index (χ1) is 8.95. The highest BCUT2D eigenvalue weighted by molar-refractivity contribution is 5.79. The van der Waals surface area contributed by atoms with E-state index in [4.69, 9.17) is 10.5 Å². The Bertz CT molecular complexity index is 273. The molecule has 0 amide bonds. The first-order valence-corrected chi connectivity index (χ1v) is 7.60. The summed E-state index contributed by atoms with van der Waals surface area (Å²) in [6.45, 7) is 5.94. The van der Waals surface area contributed by atoms with Gasteiger partial charge in [0.2, 0.25) is 0 Å². The second kappa shape index (κ2) is 7.85. The van der Waals surface area contributed by atoms with Crippen LogP contribution in [0.15, 0.2) is 0 Å². The molecular weight excluding hydrogens is 240 g/mol. The lowest BCUT2D eigenvalue weighted by molar-refractivity contribution is -0.149. The Kier molecular flexibility index (Phi) is 6.80. The van der Waals surface area contributed by atoms with Gasteiger partial charge in [-0.2, -0.15) is 0 Å². The number of rotatable bonds is 7. The summed E-state index contributed by atoms with van der Waals surface area (Å²) in [7, 11) is 2.12. The lowest BCUT2D eigenvalue weighted by Crippen LogP contribution is -2.48. The standard InChI is InChI=1S/C15H30N2O2/c1-4-19-14(18)15(2,16)10-11-17(3)12-13-8-6-5-7-9-13/h13H,4-12,16H2,1-3H3. The quantitative estimate of drug-likeness (QED) is 0.720. The van der Waals surface area contributed by atoms with E-state index in [1.54, 1.807) is 6.92 Å². The van der Waals surface area contributed by atoms with Gasteiger partial charge in [0, 0.05) is 13.1 Å². The van der Waals surface area contributed by atoms with Gasteiger partial charge in [0.15, 0.2) is 0 Å². The maximum atomic E-state index is 11.7. The first-order valence-electron chi connectivity index (χ1n) is 7.60. The van der Waals surface area contributed by atoms with E-state index >= 15 is 0 Å². The SMILES string of the molecule is CCOC(=O)C(C)(N)CCN(C)CC1CCCCC1. The third-order valence-corrected chi connectivity index (χ3v) is 4.05. The maximum Gasteiger partial charge on any atom is 0.325 e. The van der Waals surface area contributed by atoms with Crippen LogP contribution in [0.5, 0.6) is 0 Å². The molecule has 0 aromatic heterocycles. The molecule has 0 spiro atoms. The molecule has 4 heteroatoms. The zero-order chi connectivity index (χ0) is 14.3. The number of hydrogen-bond donors (Lipinski definition) is 1. The Morgan fingerprint density at radius 1 is 1.37 bits per heavy atom. The van der Waals surface area contributed by atoms with Gasteiger partial charge < -0.3 is 15.4 Å². The summed E-state index contributed by atoms with van der Waals surface area (Å²) in [4.78, 5) is 14.0. The molecule has 0 aromatic rings. The topological polar surface area (TPSA) is 55.6 Å². The largest absolute Gasteiger partial charge is 0.465 e. The van der Waals surface area contributed by atoms with Gasteiger partial charge in [0.05, 0.1) is 6.61 Å². The zero-order valence-electron chi connectivity index (χ0n) is 12.8. The van der Waals surface area contributed by atoms with Gasteiger partial charge in [0.25, 0.3) is 0 Å². The van der Waals surface area contributed by atoms with Crippen molar-refractivity contribution in [2.75, 3.05) is 26.7 Å². The van der Waals surface area contributed by atoms with Gasteiger partial charge in [-0.3, -0.25) is 4.79 Å². The highest BCUT2D eigenvalue weighted by Crippen LogP contribution is 2.24. The normalized spacial score (nSPS) is 20.3. The summed E-state index contributed by atoms with van der Waals surface area (Å²) >= 11 is 0. The first kappa shape index (κ1) is 16.4. The van der Waals surface area contributed by atoms with E-state index in [2.05, 4.69) is 11.9 Å². The van der Waals surface area contributed by atoms with E-state index < -0.39 is 5.54 Å². The fourth-order valence-corrected chi connectivity index (χ4v) is 2.72. The minimum Gasteiger partial charge on any atom is -0.465 e. The molecule has 1 saturated carbocycles. The molecule has 0 radical (unpaired) electrons. The number of esters is 1. The van der Waals surface area contributed by atoms with Gasteiger partial charge in [-0.15, -0.1) is 0 Å². The van der Waals surface area contributed by atoms with E-state index in [9.17, 15) is 4.79 Å². The van der Waals surface area contributed by atoms with Gasteiger partial charge in [-0.1, -0.05) is 19.3 Å². The van der Waals surface area contributed by atoms with Crippen LogP contribution in [0.1, 0.15) is 52.4 Å². The molecule has 0 saturated heterocycles. The molecule has 1 aliphatic carbocycles. The second-order valence-electron chi connectivity index (χ2n) is 6.15. The maximum absolute atomic E-state index is 11.7. The Morgan fingerprint density at radius 3 is 2.58 bits per heavy atom. The fourth-order valence-electron chi connectivity index (χ4n) is 2.72. The lowest BCUT2D eigenvalue weighted by Gasteiger charge is -2.29. The van der Waals surface area contributed by atoms with Crippen molar-refractivity contribution in [2.45, 2.75) is 57.9 Å². The third-order valence-electron chi connectivity index (χ3n) is 4.05. The van der Waals surface area contributed by atoms with Gasteiger partial charge in [-0.25, -0.2) is 0 Å². The molecular formula is C15H30N2O2. The van der Waals surface area contributed by atoms with Crippen LogP contribution >= 0.6 is 0 Å². The van der Waals surface area contributed by atoms with Crippen molar-refractivity contribution in [2.24, 2.45) is 11.7 Å². The van der Waals surface area contributed by atoms with Crippen LogP contribution in [0.25, 0.3) is 0 Å². The average molecular weight is 270 g/mol. The number of ether oxygens (including phenoxy) is 1. The average Bonchev–Trinajstić information content (AvgIpc) is 2.38. The van der Waals surface area contributed by atoms with Crippen molar-refractivity contribution >= 4 is 5.97 Å². The molecule has 0 bridgehead atoms. The Balaban J connectivity index is 2.27. The number of hydrogen-bond acceptors (Lipinski definition) is 4. The number of nitrogens with zero attached hydrogens (tertiary/aromatic N) is 1. The number of carbonyl (C=O) groups excluding carboxylic acids is 1. The van der Waals surface area contributed by atoms with Crippen molar-refractivity contribution in [1.82, 2.24) is 4.90 Å². The monoisotopic (exact) mass is 270 g/mol. The summed E-state index contributed by atoms with van der Waals surface area (Å²) in [5.41, 5.74) is 5.16. The molecule has 0 aromatic carbocycles. The van der Waals surface area contributed by atoms with E-state index in [0.717, 1.165) is 19.0 Å². The van der Waals surface area contributed by atoms with E-state index in [1.807, 2.05) is 6.92 Å². The molecule has 112 valence electrons. The molecule has 2 N–H and O–H groups in total. The third kappa shape index (κ3) is 5.91. The van der Waals surface area contributed by atoms with Crippen molar-refractivity contribution in [3.05, 3.63) is 0 Å². The van der Waals surface area contributed by atoms with Crippen LogP contribution in [-0.2, 0) is 9.53 Å². The van der Waals surface area contributed by atoms with Gasteiger partial charge in [-0.05, 0) is 46.1 Å². The van der Waals surface area contributed by atoms with Crippen molar-refractivity contribution in [3.63, 3.8) is 0 Å². The van der Waals surface area contributed by atoms with Crippen LogP contribution in [-0.4, -0.2) is 43.2 Å². The minimum absolute atomic E-state index is 0.291.